The minimum Gasteiger partial charge on any atom is -0.480 e. The van der Waals surface area contributed by atoms with Gasteiger partial charge in [0.05, 0.1) is 6.10 Å². The number of unbranched alkanes of at least 4 members (excludes halogenated alkanes) is 1. The summed E-state index contributed by atoms with van der Waals surface area (Å²) in [7, 11) is 0. The maximum atomic E-state index is 12.8. The van der Waals surface area contributed by atoms with Crippen LogP contribution >= 0.6 is 12.6 Å². The average molecular weight is 507 g/mol. The number of aliphatic imine (C=N–C) groups is 1. The third kappa shape index (κ3) is 12.6. The van der Waals surface area contributed by atoms with Crippen LogP contribution in [0, 0.1) is 0 Å². The van der Waals surface area contributed by atoms with Crippen LogP contribution in [-0.2, 0) is 19.2 Å². The Balaban J connectivity index is 5.19. The Bertz CT molecular complexity index is 704. The monoisotopic (exact) mass is 506 g/mol. The fourth-order valence-electron chi connectivity index (χ4n) is 2.75. The number of hydrogen-bond donors (Lipinski definition) is 10. The van der Waals surface area contributed by atoms with Gasteiger partial charge in [0.1, 0.15) is 24.2 Å². The van der Waals surface area contributed by atoms with Gasteiger partial charge >= 0.3 is 5.97 Å². The first-order valence-corrected chi connectivity index (χ1v) is 11.5. The molecule has 3 amide bonds. The summed E-state index contributed by atoms with van der Waals surface area (Å²) < 4.78 is 0. The van der Waals surface area contributed by atoms with Crippen molar-refractivity contribution < 1.29 is 29.4 Å². The van der Waals surface area contributed by atoms with Gasteiger partial charge in [0, 0.05) is 12.3 Å². The van der Waals surface area contributed by atoms with E-state index in [0.717, 1.165) is 0 Å². The Morgan fingerprint density at radius 2 is 1.44 bits per heavy atom. The van der Waals surface area contributed by atoms with E-state index in [9.17, 15) is 29.4 Å². The van der Waals surface area contributed by atoms with E-state index < -0.39 is 54.0 Å². The first-order valence-electron chi connectivity index (χ1n) is 10.9. The van der Waals surface area contributed by atoms with Gasteiger partial charge < -0.3 is 49.1 Å². The van der Waals surface area contributed by atoms with Gasteiger partial charge in [-0.15, -0.1) is 0 Å². The van der Waals surface area contributed by atoms with Crippen molar-refractivity contribution in [1.29, 1.82) is 0 Å². The molecule has 0 radical (unpaired) electrons. The van der Waals surface area contributed by atoms with Crippen molar-refractivity contribution in [2.75, 3.05) is 18.8 Å². The molecule has 5 atom stereocenters. The summed E-state index contributed by atoms with van der Waals surface area (Å²) >= 11 is 4.07. The van der Waals surface area contributed by atoms with Gasteiger partial charge in [-0.05, 0) is 45.6 Å². The summed E-state index contributed by atoms with van der Waals surface area (Å²) in [6, 6.07) is -4.70. The van der Waals surface area contributed by atoms with E-state index in [4.69, 9.17) is 22.9 Å². The summed E-state index contributed by atoms with van der Waals surface area (Å²) in [5.41, 5.74) is 21.5. The van der Waals surface area contributed by atoms with Gasteiger partial charge in [-0.2, -0.15) is 12.6 Å². The number of aliphatic carboxylic acids is 1. The molecule has 0 aromatic heterocycles. The van der Waals surface area contributed by atoms with Gasteiger partial charge in [-0.25, -0.2) is 4.79 Å². The molecular weight excluding hydrogens is 468 g/mol. The lowest BCUT2D eigenvalue weighted by Crippen LogP contribution is -2.58. The van der Waals surface area contributed by atoms with Crippen molar-refractivity contribution in [3.05, 3.63) is 0 Å². The van der Waals surface area contributed by atoms with Crippen LogP contribution < -0.4 is 38.9 Å². The summed E-state index contributed by atoms with van der Waals surface area (Å²) in [5, 5.41) is 26.2. The van der Waals surface area contributed by atoms with Gasteiger partial charge in [-0.3, -0.25) is 19.4 Å². The van der Waals surface area contributed by atoms with E-state index in [-0.39, 0.29) is 31.1 Å². The molecule has 0 aromatic rings. The maximum Gasteiger partial charge on any atom is 0.326 e. The second kappa shape index (κ2) is 16.9. The largest absolute Gasteiger partial charge is 0.480 e. The predicted octanol–water partition coefficient (Wildman–Crippen LogP) is -3.65. The minimum atomic E-state index is -1.26. The summed E-state index contributed by atoms with van der Waals surface area (Å²) in [5.74, 6) is -3.70. The zero-order valence-corrected chi connectivity index (χ0v) is 20.2. The number of nitrogens with one attached hydrogen (secondary N) is 3. The number of nitrogens with two attached hydrogens (primary N) is 4. The Morgan fingerprint density at radius 1 is 0.912 bits per heavy atom. The molecular formula is C19H38N8O6S. The van der Waals surface area contributed by atoms with Crippen LogP contribution in [0.3, 0.4) is 0 Å². The summed E-state index contributed by atoms with van der Waals surface area (Å²) in [6.07, 6.45) is 0.534. The molecule has 0 unspecified atom stereocenters. The molecule has 13 N–H and O–H groups in total. The number of rotatable bonds is 17. The normalized spacial score (nSPS) is 15.2. The third-order valence-electron chi connectivity index (χ3n) is 4.78. The molecule has 0 saturated heterocycles. The molecule has 0 spiro atoms. The van der Waals surface area contributed by atoms with Gasteiger partial charge in [0.15, 0.2) is 5.96 Å². The number of thiol groups is 1. The fourth-order valence-corrected chi connectivity index (χ4v) is 3.01. The Labute approximate surface area is 204 Å². The lowest BCUT2D eigenvalue weighted by atomic mass is 10.1. The molecule has 14 nitrogen and oxygen atoms in total. The Morgan fingerprint density at radius 3 is 1.94 bits per heavy atom. The van der Waals surface area contributed by atoms with Crippen molar-refractivity contribution in [2.45, 2.75) is 69.3 Å². The topological polar surface area (TPSA) is 261 Å². The standard InChI is InChI=1S/C19H38N8O6S/c1-10(28)14(21)17(31)25-11(5-2-3-7-20)15(29)27-13(9-34)16(30)26-12(18(32)33)6-4-8-24-19(22)23/h10-14,28,34H,2-9,20-21H2,1H3,(H,25,31)(H,26,30)(H,27,29)(H,32,33)(H4,22,23,24)/t10-,11-,12+,13-,14+/m1/s1. The SMILES string of the molecule is C[C@@H](O)[C@H](N)C(=O)N[C@H](CCCCN)C(=O)N[C@H](CS)C(=O)N[C@@H](CCCN=C(N)N)C(=O)O. The zero-order valence-electron chi connectivity index (χ0n) is 19.3. The van der Waals surface area contributed by atoms with Gasteiger partial charge in [-0.1, -0.05) is 0 Å². The highest BCUT2D eigenvalue weighted by Gasteiger charge is 2.30. The van der Waals surface area contributed by atoms with Crippen LogP contribution in [0.15, 0.2) is 4.99 Å². The summed E-state index contributed by atoms with van der Waals surface area (Å²) in [6.45, 7) is 1.91. The molecule has 0 aliphatic heterocycles. The van der Waals surface area contributed by atoms with Crippen molar-refractivity contribution in [2.24, 2.45) is 27.9 Å². The predicted molar refractivity (Wildman–Crippen MR) is 130 cm³/mol. The molecule has 0 rings (SSSR count). The second-order valence-corrected chi connectivity index (χ2v) is 8.07. The number of aliphatic hydroxyl groups excluding tert-OH is 1. The van der Waals surface area contributed by atoms with E-state index in [1.807, 2.05) is 0 Å². The number of carboxylic acids is 1. The van der Waals surface area contributed by atoms with Crippen LogP contribution in [0.4, 0.5) is 0 Å². The quantitative estimate of drug-likeness (QED) is 0.0400. The first kappa shape index (κ1) is 31.4. The number of amides is 3. The van der Waals surface area contributed by atoms with E-state index >= 15 is 0 Å². The third-order valence-corrected chi connectivity index (χ3v) is 5.14. The minimum absolute atomic E-state index is 0.0556. The van der Waals surface area contributed by atoms with Gasteiger partial charge in [0.2, 0.25) is 17.7 Å². The van der Waals surface area contributed by atoms with Crippen LogP contribution in [0.25, 0.3) is 0 Å². The molecule has 0 aliphatic carbocycles. The average Bonchev–Trinajstić information content (AvgIpc) is 2.77. The highest BCUT2D eigenvalue weighted by Crippen LogP contribution is 2.05. The summed E-state index contributed by atoms with van der Waals surface area (Å²) in [4.78, 5) is 52.9. The number of nitrogens with zero attached hydrogens (tertiary/aromatic N) is 1. The number of carbonyl (C=O) groups is 4. The van der Waals surface area contributed by atoms with Crippen LogP contribution in [0.5, 0.6) is 0 Å². The van der Waals surface area contributed by atoms with Gasteiger partial charge in [0.25, 0.3) is 0 Å². The second-order valence-electron chi connectivity index (χ2n) is 7.70. The Hall–Kier alpha value is -2.62. The lowest BCUT2D eigenvalue weighted by molar-refractivity contribution is -0.142. The van der Waals surface area contributed by atoms with Crippen molar-refractivity contribution >= 4 is 42.3 Å². The first-order chi connectivity index (χ1) is 15.9. The zero-order chi connectivity index (χ0) is 26.3. The molecule has 0 fully saturated rings. The van der Waals surface area contributed by atoms with Crippen LogP contribution in [0.2, 0.25) is 0 Å². The molecule has 196 valence electrons. The molecule has 0 aliphatic rings. The van der Waals surface area contributed by atoms with E-state index in [2.05, 4.69) is 33.6 Å². The molecule has 0 saturated carbocycles. The molecule has 0 bridgehead atoms. The van der Waals surface area contributed by atoms with Crippen LogP contribution in [-0.4, -0.2) is 89.0 Å². The highest BCUT2D eigenvalue weighted by atomic mass is 32.1. The maximum absolute atomic E-state index is 12.8. The number of guanidine groups is 1. The lowest BCUT2D eigenvalue weighted by Gasteiger charge is -2.25. The number of hydrogen-bond acceptors (Lipinski definition) is 9. The van der Waals surface area contributed by atoms with E-state index in [0.29, 0.717) is 25.8 Å². The number of carboxylic acid groups (broad SMARTS) is 1. The number of aliphatic hydroxyl groups is 1. The highest BCUT2D eigenvalue weighted by molar-refractivity contribution is 7.80. The van der Waals surface area contributed by atoms with E-state index in [1.54, 1.807) is 0 Å². The smallest absolute Gasteiger partial charge is 0.326 e. The molecule has 15 heteroatoms. The van der Waals surface area contributed by atoms with E-state index in [1.165, 1.54) is 6.92 Å². The molecule has 34 heavy (non-hydrogen) atoms. The molecule has 0 heterocycles. The van der Waals surface area contributed by atoms with Crippen LogP contribution in [0.1, 0.15) is 39.0 Å². The molecule has 0 aromatic carbocycles. The van der Waals surface area contributed by atoms with Crippen molar-refractivity contribution in [3.8, 4) is 0 Å². The Kier molecular flexibility index (Phi) is 15.6. The fraction of sp³-hybridized carbons (Fsp3) is 0.737. The number of carbonyl (C=O) groups excluding carboxylic acids is 3. The van der Waals surface area contributed by atoms with Crippen molar-refractivity contribution in [1.82, 2.24) is 16.0 Å². The van der Waals surface area contributed by atoms with Crippen molar-refractivity contribution in [3.63, 3.8) is 0 Å².